The third-order valence-electron chi connectivity index (χ3n) is 5.14. The molecule has 0 saturated carbocycles. The normalized spacial score (nSPS) is 16.2. The molecule has 1 atom stereocenters. The van der Waals surface area contributed by atoms with Gasteiger partial charge in [0, 0.05) is 36.8 Å². The number of carboxylic acid groups (broad SMARTS) is 1. The van der Waals surface area contributed by atoms with Crippen LogP contribution in [0.15, 0.2) is 78.0 Å². The molecule has 0 radical (unpaired) electrons. The van der Waals surface area contributed by atoms with Crippen molar-refractivity contribution in [1.29, 1.82) is 0 Å². The summed E-state index contributed by atoms with van der Waals surface area (Å²) in [6.07, 6.45) is 2.49. The van der Waals surface area contributed by atoms with Crippen LogP contribution in [0.3, 0.4) is 0 Å². The van der Waals surface area contributed by atoms with Gasteiger partial charge in [-0.25, -0.2) is 19.8 Å². The second kappa shape index (κ2) is 8.73. The van der Waals surface area contributed by atoms with E-state index in [1.54, 1.807) is 12.4 Å². The number of aliphatic imine (C=N–C) groups is 1. The number of aromatic nitrogens is 2. The zero-order valence-electron chi connectivity index (χ0n) is 16.7. The average molecular weight is 401 g/mol. The standard InChI is InChI=1S/C23H23N5O2/c1-17-16-27(23(29)30)12-13-28(17)21-15-24-20(14-25-21)26-22(18-8-4-2-5-9-18)19-10-6-3-7-11-19/h2-11,14-15,17H,12-13,16H2,1H3,(H,29,30). The molecule has 4 rings (SSSR count). The van der Waals surface area contributed by atoms with Crippen molar-refractivity contribution in [2.75, 3.05) is 24.5 Å². The number of hydrogen-bond donors (Lipinski definition) is 1. The maximum absolute atomic E-state index is 11.2. The SMILES string of the molecule is CC1CN(C(=O)O)CCN1c1cnc(N=C(c2ccccc2)c2ccccc2)cn1. The minimum atomic E-state index is -0.883. The highest BCUT2D eigenvalue weighted by Crippen LogP contribution is 2.21. The van der Waals surface area contributed by atoms with E-state index in [0.717, 1.165) is 22.7 Å². The van der Waals surface area contributed by atoms with Crippen LogP contribution in [0, 0.1) is 0 Å². The van der Waals surface area contributed by atoms with Crippen LogP contribution in [0.2, 0.25) is 0 Å². The van der Waals surface area contributed by atoms with Gasteiger partial charge in [-0.3, -0.25) is 0 Å². The van der Waals surface area contributed by atoms with Crippen LogP contribution < -0.4 is 4.90 Å². The van der Waals surface area contributed by atoms with E-state index in [0.29, 0.717) is 25.5 Å². The Labute approximate surface area is 175 Å². The molecule has 0 aliphatic carbocycles. The van der Waals surface area contributed by atoms with Gasteiger partial charge in [0.25, 0.3) is 0 Å². The number of hydrogen-bond acceptors (Lipinski definition) is 5. The molecular formula is C23H23N5O2. The molecule has 1 unspecified atom stereocenters. The molecule has 1 amide bonds. The molecule has 0 spiro atoms. The lowest BCUT2D eigenvalue weighted by Gasteiger charge is -2.39. The van der Waals surface area contributed by atoms with Gasteiger partial charge in [0.15, 0.2) is 5.82 Å². The topological polar surface area (TPSA) is 81.9 Å². The van der Waals surface area contributed by atoms with Crippen LogP contribution in [0.4, 0.5) is 16.4 Å². The molecular weight excluding hydrogens is 378 g/mol. The molecule has 3 aromatic rings. The smallest absolute Gasteiger partial charge is 0.407 e. The highest BCUT2D eigenvalue weighted by Gasteiger charge is 2.27. The molecule has 0 bridgehead atoms. The van der Waals surface area contributed by atoms with Crippen molar-refractivity contribution in [3.63, 3.8) is 0 Å². The fourth-order valence-corrected chi connectivity index (χ4v) is 3.59. The minimum Gasteiger partial charge on any atom is -0.465 e. The number of rotatable bonds is 4. The molecule has 30 heavy (non-hydrogen) atoms. The summed E-state index contributed by atoms with van der Waals surface area (Å²) in [4.78, 5) is 28.5. The predicted octanol–water partition coefficient (Wildman–Crippen LogP) is 3.83. The first-order valence-corrected chi connectivity index (χ1v) is 9.88. The van der Waals surface area contributed by atoms with Crippen LogP contribution in [-0.2, 0) is 0 Å². The first-order valence-electron chi connectivity index (χ1n) is 9.88. The second-order valence-electron chi connectivity index (χ2n) is 7.20. The van der Waals surface area contributed by atoms with E-state index < -0.39 is 6.09 Å². The van der Waals surface area contributed by atoms with Crippen molar-refractivity contribution in [2.45, 2.75) is 13.0 Å². The summed E-state index contributed by atoms with van der Waals surface area (Å²) in [6.45, 7) is 3.48. The van der Waals surface area contributed by atoms with Gasteiger partial charge in [-0.05, 0) is 6.92 Å². The fraction of sp³-hybridized carbons (Fsp3) is 0.217. The first-order chi connectivity index (χ1) is 14.6. The zero-order valence-corrected chi connectivity index (χ0v) is 16.7. The van der Waals surface area contributed by atoms with E-state index in [2.05, 4.69) is 14.9 Å². The van der Waals surface area contributed by atoms with Crippen molar-refractivity contribution in [1.82, 2.24) is 14.9 Å². The monoisotopic (exact) mass is 401 g/mol. The summed E-state index contributed by atoms with van der Waals surface area (Å²) < 4.78 is 0. The molecule has 152 valence electrons. The molecule has 1 aliphatic rings. The molecule has 2 aromatic carbocycles. The molecule has 1 aliphatic heterocycles. The Bertz CT molecular complexity index is 981. The lowest BCUT2D eigenvalue weighted by atomic mass is 10.0. The number of piperazine rings is 1. The lowest BCUT2D eigenvalue weighted by molar-refractivity contribution is 0.136. The molecule has 2 heterocycles. The first kappa shape index (κ1) is 19.6. The highest BCUT2D eigenvalue weighted by molar-refractivity contribution is 6.13. The van der Waals surface area contributed by atoms with Crippen molar-refractivity contribution in [2.24, 2.45) is 4.99 Å². The summed E-state index contributed by atoms with van der Waals surface area (Å²) >= 11 is 0. The maximum Gasteiger partial charge on any atom is 0.407 e. The van der Waals surface area contributed by atoms with E-state index in [1.165, 1.54) is 4.90 Å². The van der Waals surface area contributed by atoms with E-state index in [1.807, 2.05) is 67.6 Å². The van der Waals surface area contributed by atoms with Crippen molar-refractivity contribution in [3.8, 4) is 0 Å². The van der Waals surface area contributed by atoms with Gasteiger partial charge in [0.2, 0.25) is 0 Å². The lowest BCUT2D eigenvalue weighted by Crippen LogP contribution is -2.53. The van der Waals surface area contributed by atoms with Gasteiger partial charge in [-0.15, -0.1) is 0 Å². The molecule has 1 saturated heterocycles. The third kappa shape index (κ3) is 4.30. The Kier molecular flexibility index (Phi) is 5.70. The third-order valence-corrected chi connectivity index (χ3v) is 5.14. The van der Waals surface area contributed by atoms with E-state index in [9.17, 15) is 9.90 Å². The van der Waals surface area contributed by atoms with E-state index in [4.69, 9.17) is 4.99 Å². The highest BCUT2D eigenvalue weighted by atomic mass is 16.4. The van der Waals surface area contributed by atoms with Crippen LogP contribution in [0.25, 0.3) is 0 Å². The molecule has 1 aromatic heterocycles. The van der Waals surface area contributed by atoms with Gasteiger partial charge < -0.3 is 14.9 Å². The Morgan fingerprint density at radius 2 is 1.60 bits per heavy atom. The molecule has 7 nitrogen and oxygen atoms in total. The Morgan fingerprint density at radius 3 is 2.10 bits per heavy atom. The zero-order chi connectivity index (χ0) is 20.9. The molecule has 7 heteroatoms. The summed E-state index contributed by atoms with van der Waals surface area (Å²) in [7, 11) is 0. The van der Waals surface area contributed by atoms with Crippen molar-refractivity contribution < 1.29 is 9.90 Å². The maximum atomic E-state index is 11.2. The fourth-order valence-electron chi connectivity index (χ4n) is 3.59. The van der Waals surface area contributed by atoms with E-state index in [-0.39, 0.29) is 6.04 Å². The van der Waals surface area contributed by atoms with Crippen molar-refractivity contribution in [3.05, 3.63) is 84.2 Å². The Hall–Kier alpha value is -3.74. The van der Waals surface area contributed by atoms with Crippen LogP contribution in [-0.4, -0.2) is 57.5 Å². The van der Waals surface area contributed by atoms with Crippen molar-refractivity contribution >= 4 is 23.4 Å². The Balaban J connectivity index is 1.59. The summed E-state index contributed by atoms with van der Waals surface area (Å²) in [5, 5.41) is 9.19. The van der Waals surface area contributed by atoms with E-state index >= 15 is 0 Å². The number of anilines is 1. The Morgan fingerprint density at radius 1 is 0.967 bits per heavy atom. The number of amides is 1. The van der Waals surface area contributed by atoms with Gasteiger partial charge in [0.05, 0.1) is 18.1 Å². The number of nitrogens with zero attached hydrogens (tertiary/aromatic N) is 5. The van der Waals surface area contributed by atoms with Crippen LogP contribution in [0.1, 0.15) is 18.1 Å². The van der Waals surface area contributed by atoms with Crippen LogP contribution >= 0.6 is 0 Å². The quantitative estimate of drug-likeness (QED) is 0.672. The van der Waals surface area contributed by atoms with Crippen LogP contribution in [0.5, 0.6) is 0 Å². The summed E-state index contributed by atoms with van der Waals surface area (Å²) in [5.41, 5.74) is 2.85. The second-order valence-corrected chi connectivity index (χ2v) is 7.20. The van der Waals surface area contributed by atoms with Gasteiger partial charge in [0.1, 0.15) is 5.82 Å². The van der Waals surface area contributed by atoms with Gasteiger partial charge in [-0.2, -0.15) is 0 Å². The van der Waals surface area contributed by atoms with Gasteiger partial charge >= 0.3 is 6.09 Å². The minimum absolute atomic E-state index is 0.0303. The summed E-state index contributed by atoms with van der Waals surface area (Å²) in [5.74, 6) is 1.26. The molecule has 1 N–H and O–H groups in total. The van der Waals surface area contributed by atoms with Gasteiger partial charge in [-0.1, -0.05) is 60.7 Å². The predicted molar refractivity (Wildman–Crippen MR) is 117 cm³/mol. The average Bonchev–Trinajstić information content (AvgIpc) is 2.79. The summed E-state index contributed by atoms with van der Waals surface area (Å²) in [6, 6.07) is 20.0. The largest absolute Gasteiger partial charge is 0.465 e. The number of benzene rings is 2. The number of carbonyl (C=O) groups is 1. The molecule has 1 fully saturated rings.